The van der Waals surface area contributed by atoms with Gasteiger partial charge in [-0.15, -0.1) is 0 Å². The summed E-state index contributed by atoms with van der Waals surface area (Å²) in [5.41, 5.74) is 9.75. The van der Waals surface area contributed by atoms with Gasteiger partial charge in [-0.3, -0.25) is 4.79 Å². The predicted octanol–water partition coefficient (Wildman–Crippen LogP) is 3.42. The number of aryl methyl sites for hydroxylation is 2. The van der Waals surface area contributed by atoms with Gasteiger partial charge < -0.3 is 15.4 Å². The molecule has 2 heterocycles. The average Bonchev–Trinajstić information content (AvgIpc) is 2.78. The molecule has 0 bridgehead atoms. The van der Waals surface area contributed by atoms with E-state index in [4.69, 9.17) is 5.73 Å². The molecule has 0 radical (unpaired) electrons. The van der Waals surface area contributed by atoms with Gasteiger partial charge in [0.05, 0.1) is 0 Å². The van der Waals surface area contributed by atoms with Crippen LogP contribution in [0.2, 0.25) is 0 Å². The van der Waals surface area contributed by atoms with Crippen molar-refractivity contribution in [3.8, 4) is 16.9 Å². The molecule has 23 heavy (non-hydrogen) atoms. The van der Waals surface area contributed by atoms with Crippen molar-refractivity contribution in [2.45, 2.75) is 13.8 Å². The van der Waals surface area contributed by atoms with Crippen molar-refractivity contribution >= 4 is 32.9 Å². The quantitative estimate of drug-likeness (QED) is 0.721. The maximum absolute atomic E-state index is 11.7. The first-order valence-electron chi connectivity index (χ1n) is 7.06. The lowest BCUT2D eigenvalue weighted by Crippen LogP contribution is -2.13. The standard InChI is InChI=1S/C17H16BrN3O2/c1-8-4-5-13(22)9(2)14(8)10-6-12(16(19)23)20-17-15(10)11(18)7-21(17)3/h4-7,22H,1-3H3,(H2,19,23). The summed E-state index contributed by atoms with van der Waals surface area (Å²) in [7, 11) is 1.86. The molecule has 0 atom stereocenters. The summed E-state index contributed by atoms with van der Waals surface area (Å²) in [5.74, 6) is -0.371. The van der Waals surface area contributed by atoms with Gasteiger partial charge in [-0.25, -0.2) is 4.98 Å². The Balaban J connectivity index is 2.51. The molecule has 3 rings (SSSR count). The lowest BCUT2D eigenvalue weighted by molar-refractivity contribution is 0.0996. The Bertz CT molecular complexity index is 960. The summed E-state index contributed by atoms with van der Waals surface area (Å²) >= 11 is 3.56. The number of hydrogen-bond donors (Lipinski definition) is 2. The number of aromatic hydroxyl groups is 1. The molecule has 0 spiro atoms. The van der Waals surface area contributed by atoms with E-state index in [1.165, 1.54) is 0 Å². The molecule has 0 aliphatic heterocycles. The van der Waals surface area contributed by atoms with Crippen LogP contribution in [-0.4, -0.2) is 20.6 Å². The number of amides is 1. The maximum Gasteiger partial charge on any atom is 0.267 e. The number of nitrogens with two attached hydrogens (primary N) is 1. The number of phenols is 1. The zero-order chi connectivity index (χ0) is 16.9. The second-order valence-electron chi connectivity index (χ2n) is 5.61. The summed E-state index contributed by atoms with van der Waals surface area (Å²) in [6.07, 6.45) is 1.89. The highest BCUT2D eigenvalue weighted by molar-refractivity contribution is 9.10. The number of benzene rings is 1. The molecule has 0 fully saturated rings. The van der Waals surface area contributed by atoms with Crippen LogP contribution in [0, 0.1) is 13.8 Å². The van der Waals surface area contributed by atoms with E-state index in [1.807, 2.05) is 37.7 Å². The van der Waals surface area contributed by atoms with Gasteiger partial charge in [-0.1, -0.05) is 6.07 Å². The van der Waals surface area contributed by atoms with Crippen molar-refractivity contribution in [1.29, 1.82) is 0 Å². The molecule has 6 heteroatoms. The Morgan fingerprint density at radius 2 is 2.04 bits per heavy atom. The van der Waals surface area contributed by atoms with Crippen molar-refractivity contribution in [3.05, 3.63) is 45.7 Å². The van der Waals surface area contributed by atoms with Gasteiger partial charge in [0.2, 0.25) is 0 Å². The fourth-order valence-corrected chi connectivity index (χ4v) is 3.59. The van der Waals surface area contributed by atoms with Gasteiger partial charge in [0, 0.05) is 23.1 Å². The molecular formula is C17H16BrN3O2. The van der Waals surface area contributed by atoms with E-state index in [0.29, 0.717) is 5.65 Å². The van der Waals surface area contributed by atoms with Crippen molar-refractivity contribution < 1.29 is 9.90 Å². The molecule has 2 aromatic heterocycles. The number of pyridine rings is 1. The maximum atomic E-state index is 11.7. The number of aromatic nitrogens is 2. The largest absolute Gasteiger partial charge is 0.508 e. The van der Waals surface area contributed by atoms with Crippen LogP contribution in [0.5, 0.6) is 5.75 Å². The minimum Gasteiger partial charge on any atom is -0.508 e. The summed E-state index contributed by atoms with van der Waals surface area (Å²) in [6, 6.07) is 5.20. The van der Waals surface area contributed by atoms with Crippen LogP contribution in [-0.2, 0) is 7.05 Å². The molecule has 0 aliphatic carbocycles. The van der Waals surface area contributed by atoms with E-state index in [1.54, 1.807) is 12.1 Å². The van der Waals surface area contributed by atoms with Gasteiger partial charge in [-0.05, 0) is 64.2 Å². The number of carbonyl (C=O) groups is 1. The lowest BCUT2D eigenvalue weighted by Gasteiger charge is -2.14. The number of fused-ring (bicyclic) bond motifs is 1. The number of halogens is 1. The third-order valence-electron chi connectivity index (χ3n) is 4.05. The van der Waals surface area contributed by atoms with Gasteiger partial charge in [0.25, 0.3) is 5.91 Å². The first-order chi connectivity index (χ1) is 10.8. The number of rotatable bonds is 2. The highest BCUT2D eigenvalue weighted by atomic mass is 79.9. The van der Waals surface area contributed by atoms with Crippen molar-refractivity contribution in [1.82, 2.24) is 9.55 Å². The van der Waals surface area contributed by atoms with Crippen molar-refractivity contribution in [2.24, 2.45) is 12.8 Å². The fraction of sp³-hybridized carbons (Fsp3) is 0.176. The SMILES string of the molecule is Cc1ccc(O)c(C)c1-c1cc(C(N)=O)nc2c1c(Br)cn2C. The first kappa shape index (κ1) is 15.6. The van der Waals surface area contributed by atoms with Gasteiger partial charge in [-0.2, -0.15) is 0 Å². The monoisotopic (exact) mass is 373 g/mol. The second-order valence-corrected chi connectivity index (χ2v) is 6.46. The van der Waals surface area contributed by atoms with Crippen LogP contribution in [0.4, 0.5) is 0 Å². The lowest BCUT2D eigenvalue weighted by atomic mass is 9.93. The van der Waals surface area contributed by atoms with Gasteiger partial charge in [0.15, 0.2) is 0 Å². The van der Waals surface area contributed by atoms with E-state index in [0.717, 1.165) is 32.1 Å². The number of hydrogen-bond acceptors (Lipinski definition) is 3. The second kappa shape index (κ2) is 5.38. The zero-order valence-corrected chi connectivity index (χ0v) is 14.6. The van der Waals surface area contributed by atoms with Crippen LogP contribution in [0.15, 0.2) is 28.9 Å². The summed E-state index contributed by atoms with van der Waals surface area (Å²) < 4.78 is 2.71. The van der Waals surface area contributed by atoms with E-state index in [-0.39, 0.29) is 11.4 Å². The van der Waals surface area contributed by atoms with Crippen LogP contribution in [0.3, 0.4) is 0 Å². The Labute approximate surface area is 141 Å². The molecule has 0 saturated heterocycles. The van der Waals surface area contributed by atoms with Crippen LogP contribution in [0.25, 0.3) is 22.2 Å². The van der Waals surface area contributed by atoms with Crippen molar-refractivity contribution in [3.63, 3.8) is 0 Å². The number of carbonyl (C=O) groups excluding carboxylic acids is 1. The van der Waals surface area contributed by atoms with E-state index >= 15 is 0 Å². The molecule has 0 aliphatic rings. The smallest absolute Gasteiger partial charge is 0.267 e. The van der Waals surface area contributed by atoms with E-state index < -0.39 is 5.91 Å². The van der Waals surface area contributed by atoms with Gasteiger partial charge in [0.1, 0.15) is 17.1 Å². The molecule has 0 saturated carbocycles. The summed E-state index contributed by atoms with van der Waals surface area (Å²) in [4.78, 5) is 16.0. The molecule has 5 nitrogen and oxygen atoms in total. The van der Waals surface area contributed by atoms with Crippen LogP contribution >= 0.6 is 15.9 Å². The normalized spacial score (nSPS) is 11.1. The highest BCUT2D eigenvalue weighted by Crippen LogP contribution is 2.39. The van der Waals surface area contributed by atoms with Gasteiger partial charge >= 0.3 is 0 Å². The Hall–Kier alpha value is -2.34. The minimum atomic E-state index is -0.582. The zero-order valence-electron chi connectivity index (χ0n) is 13.0. The Morgan fingerprint density at radius 3 is 2.70 bits per heavy atom. The van der Waals surface area contributed by atoms with Crippen LogP contribution in [0.1, 0.15) is 21.6 Å². The molecule has 1 aromatic carbocycles. The number of phenolic OH excluding ortho intramolecular Hbond substituents is 1. The highest BCUT2D eigenvalue weighted by Gasteiger charge is 2.19. The molecule has 3 aromatic rings. The molecule has 118 valence electrons. The molecule has 0 unspecified atom stereocenters. The van der Waals surface area contributed by atoms with E-state index in [2.05, 4.69) is 20.9 Å². The predicted molar refractivity (Wildman–Crippen MR) is 93.5 cm³/mol. The topological polar surface area (TPSA) is 81.1 Å². The number of primary amides is 1. The number of nitrogens with zero attached hydrogens (tertiary/aromatic N) is 2. The fourth-order valence-electron chi connectivity index (χ4n) is 2.89. The molecule has 3 N–H and O–H groups in total. The minimum absolute atomic E-state index is 0.198. The third kappa shape index (κ3) is 2.39. The Kier molecular flexibility index (Phi) is 3.64. The third-order valence-corrected chi connectivity index (χ3v) is 4.65. The molecular weight excluding hydrogens is 358 g/mol. The molecule has 1 amide bonds. The summed E-state index contributed by atoms with van der Waals surface area (Å²) in [5, 5.41) is 11.0. The summed E-state index contributed by atoms with van der Waals surface area (Å²) in [6.45, 7) is 3.82. The van der Waals surface area contributed by atoms with Crippen molar-refractivity contribution in [2.75, 3.05) is 0 Å². The first-order valence-corrected chi connectivity index (χ1v) is 7.85. The average molecular weight is 374 g/mol. The van der Waals surface area contributed by atoms with Crippen LogP contribution < -0.4 is 5.73 Å². The Morgan fingerprint density at radius 1 is 1.35 bits per heavy atom. The van der Waals surface area contributed by atoms with E-state index in [9.17, 15) is 9.90 Å².